The van der Waals surface area contributed by atoms with Crippen molar-refractivity contribution in [1.82, 2.24) is 0 Å². The molecule has 8 heteroatoms. The van der Waals surface area contributed by atoms with Crippen molar-refractivity contribution in [1.29, 1.82) is 0 Å². The number of aromatic carboxylic acids is 1. The fourth-order valence-corrected chi connectivity index (χ4v) is 2.00. The monoisotopic (exact) mass is 327 g/mol. The molecule has 0 aromatic heterocycles. The van der Waals surface area contributed by atoms with Crippen molar-refractivity contribution in [3.05, 3.63) is 62.1 Å². The molecule has 0 spiro atoms. The van der Waals surface area contributed by atoms with Crippen LogP contribution >= 0.6 is 23.2 Å². The normalized spacial score (nSPS) is 10.2. The summed E-state index contributed by atoms with van der Waals surface area (Å²) in [7, 11) is 0. The highest BCUT2D eigenvalue weighted by molar-refractivity contribution is 6.34. The molecule has 0 atom stereocenters. The Balaban J connectivity index is 2.48. The molecule has 2 rings (SSSR count). The summed E-state index contributed by atoms with van der Waals surface area (Å²) >= 11 is 11.7. The number of rotatable bonds is 4. The van der Waals surface area contributed by atoms with Crippen molar-refractivity contribution in [2.24, 2.45) is 0 Å². The zero-order chi connectivity index (χ0) is 15.6. The molecule has 108 valence electrons. The van der Waals surface area contributed by atoms with Crippen LogP contribution in [0.1, 0.15) is 10.4 Å². The number of non-ortho nitro benzene ring substituents is 1. The van der Waals surface area contributed by atoms with Crippen LogP contribution in [0.2, 0.25) is 10.0 Å². The standard InChI is InChI=1S/C13H7Cl2NO5/c14-8-5-4-7(16(19)20)6-11(8)21-10-3-1-2-9(15)12(10)13(17)18/h1-6H,(H,17,18). The first-order chi connectivity index (χ1) is 9.90. The van der Waals surface area contributed by atoms with Crippen molar-refractivity contribution < 1.29 is 19.6 Å². The fourth-order valence-electron chi connectivity index (χ4n) is 1.60. The Morgan fingerprint density at radius 3 is 2.48 bits per heavy atom. The SMILES string of the molecule is O=C(O)c1c(Cl)cccc1Oc1cc([N+](=O)[O-])ccc1Cl. The maximum Gasteiger partial charge on any atom is 0.341 e. The average Bonchev–Trinajstić information content (AvgIpc) is 2.40. The molecular weight excluding hydrogens is 321 g/mol. The molecule has 0 fully saturated rings. The Morgan fingerprint density at radius 1 is 1.14 bits per heavy atom. The first-order valence-corrected chi connectivity index (χ1v) is 6.29. The van der Waals surface area contributed by atoms with E-state index < -0.39 is 10.9 Å². The van der Waals surface area contributed by atoms with E-state index in [1.165, 1.54) is 30.3 Å². The lowest BCUT2D eigenvalue weighted by molar-refractivity contribution is -0.384. The van der Waals surface area contributed by atoms with E-state index in [4.69, 9.17) is 33.0 Å². The molecule has 21 heavy (non-hydrogen) atoms. The molecule has 6 nitrogen and oxygen atoms in total. The lowest BCUT2D eigenvalue weighted by Crippen LogP contribution is -2.01. The molecule has 0 saturated heterocycles. The van der Waals surface area contributed by atoms with E-state index in [0.717, 1.165) is 6.07 Å². The topological polar surface area (TPSA) is 89.7 Å². The summed E-state index contributed by atoms with van der Waals surface area (Å²) in [5, 5.41) is 20.0. The van der Waals surface area contributed by atoms with Gasteiger partial charge >= 0.3 is 5.97 Å². The molecule has 2 aromatic carbocycles. The molecule has 1 N–H and O–H groups in total. The summed E-state index contributed by atoms with van der Waals surface area (Å²) in [4.78, 5) is 21.3. The number of halogens is 2. The van der Waals surface area contributed by atoms with Crippen molar-refractivity contribution in [3.8, 4) is 11.5 Å². The van der Waals surface area contributed by atoms with Gasteiger partial charge in [0.05, 0.1) is 21.0 Å². The van der Waals surface area contributed by atoms with Crippen LogP contribution < -0.4 is 4.74 Å². The van der Waals surface area contributed by atoms with Gasteiger partial charge in [-0.3, -0.25) is 10.1 Å². The van der Waals surface area contributed by atoms with Crippen LogP contribution in [0.25, 0.3) is 0 Å². The highest BCUT2D eigenvalue weighted by Gasteiger charge is 2.18. The van der Waals surface area contributed by atoms with E-state index >= 15 is 0 Å². The van der Waals surface area contributed by atoms with E-state index in [9.17, 15) is 14.9 Å². The highest BCUT2D eigenvalue weighted by Crippen LogP contribution is 2.36. The van der Waals surface area contributed by atoms with Gasteiger partial charge in [-0.2, -0.15) is 0 Å². The van der Waals surface area contributed by atoms with Crippen LogP contribution in [0.15, 0.2) is 36.4 Å². The molecule has 0 radical (unpaired) electrons. The van der Waals surface area contributed by atoms with Crippen molar-refractivity contribution in [3.63, 3.8) is 0 Å². The summed E-state index contributed by atoms with van der Waals surface area (Å²) in [6, 6.07) is 7.88. The second kappa shape index (κ2) is 5.99. The van der Waals surface area contributed by atoms with Crippen LogP contribution in [0.3, 0.4) is 0 Å². The molecule has 0 aliphatic heterocycles. The fraction of sp³-hybridized carbons (Fsp3) is 0. The minimum atomic E-state index is -1.28. The Labute approximate surface area is 128 Å². The van der Waals surface area contributed by atoms with Crippen LogP contribution in [0.5, 0.6) is 11.5 Å². The highest BCUT2D eigenvalue weighted by atomic mass is 35.5. The molecule has 0 bridgehead atoms. The van der Waals surface area contributed by atoms with Gasteiger partial charge < -0.3 is 9.84 Å². The van der Waals surface area contributed by atoms with Gasteiger partial charge in [-0.25, -0.2) is 4.79 Å². The number of nitro benzene ring substituents is 1. The van der Waals surface area contributed by atoms with E-state index in [0.29, 0.717) is 0 Å². The third-order valence-electron chi connectivity index (χ3n) is 2.53. The summed E-state index contributed by atoms with van der Waals surface area (Å²) in [5.41, 5.74) is -0.477. The smallest absolute Gasteiger partial charge is 0.341 e. The molecule has 0 amide bonds. The molecular formula is C13H7Cl2NO5. The number of carboxylic acid groups (broad SMARTS) is 1. The summed E-state index contributed by atoms with van der Waals surface area (Å²) < 4.78 is 5.37. The average molecular weight is 328 g/mol. The van der Waals surface area contributed by atoms with Crippen LogP contribution in [0.4, 0.5) is 5.69 Å². The first-order valence-electron chi connectivity index (χ1n) is 5.53. The quantitative estimate of drug-likeness (QED) is 0.664. The van der Waals surface area contributed by atoms with E-state index in [2.05, 4.69) is 0 Å². The molecule has 2 aromatic rings. The number of carboxylic acids is 1. The van der Waals surface area contributed by atoms with E-state index in [1.54, 1.807) is 0 Å². The van der Waals surface area contributed by atoms with Crippen molar-refractivity contribution in [2.45, 2.75) is 0 Å². The number of carbonyl (C=O) groups is 1. The third-order valence-corrected chi connectivity index (χ3v) is 3.16. The van der Waals surface area contributed by atoms with Gasteiger partial charge in [-0.1, -0.05) is 29.3 Å². The zero-order valence-electron chi connectivity index (χ0n) is 10.2. The second-order valence-corrected chi connectivity index (χ2v) is 4.71. The first kappa shape index (κ1) is 15.1. The van der Waals surface area contributed by atoms with E-state index in [1.807, 2.05) is 0 Å². The Hall–Kier alpha value is -2.31. The molecule has 0 unspecified atom stereocenters. The minimum absolute atomic E-state index is 0.0125. The number of nitro groups is 1. The van der Waals surface area contributed by atoms with Gasteiger partial charge in [0.1, 0.15) is 11.3 Å². The number of nitrogens with zero attached hydrogens (tertiary/aromatic N) is 1. The maximum absolute atomic E-state index is 11.2. The minimum Gasteiger partial charge on any atom is -0.478 e. The van der Waals surface area contributed by atoms with Gasteiger partial charge in [0.2, 0.25) is 0 Å². The van der Waals surface area contributed by atoms with Gasteiger partial charge in [-0.05, 0) is 18.2 Å². The van der Waals surface area contributed by atoms with E-state index in [-0.39, 0.29) is 32.8 Å². The van der Waals surface area contributed by atoms with Gasteiger partial charge in [0, 0.05) is 6.07 Å². The van der Waals surface area contributed by atoms with Crippen molar-refractivity contribution in [2.75, 3.05) is 0 Å². The Morgan fingerprint density at radius 2 is 1.86 bits per heavy atom. The van der Waals surface area contributed by atoms with Crippen LogP contribution in [-0.4, -0.2) is 16.0 Å². The van der Waals surface area contributed by atoms with Gasteiger partial charge in [0.25, 0.3) is 5.69 Å². The third kappa shape index (κ3) is 3.24. The number of hydrogen-bond donors (Lipinski definition) is 1. The van der Waals surface area contributed by atoms with Gasteiger partial charge in [-0.15, -0.1) is 0 Å². The predicted molar refractivity (Wildman–Crippen MR) is 76.6 cm³/mol. The van der Waals surface area contributed by atoms with Gasteiger partial charge in [0.15, 0.2) is 5.75 Å². The predicted octanol–water partition coefficient (Wildman–Crippen LogP) is 4.39. The molecule has 0 aliphatic rings. The molecule has 0 aliphatic carbocycles. The molecule has 0 saturated carbocycles. The summed E-state index contributed by atoms with van der Waals surface area (Å²) in [6.45, 7) is 0. The second-order valence-electron chi connectivity index (χ2n) is 3.89. The largest absolute Gasteiger partial charge is 0.478 e. The Bertz CT molecular complexity index is 732. The van der Waals surface area contributed by atoms with Crippen LogP contribution in [-0.2, 0) is 0 Å². The number of ether oxygens (including phenoxy) is 1. The zero-order valence-corrected chi connectivity index (χ0v) is 11.8. The summed E-state index contributed by atoms with van der Waals surface area (Å²) in [5.74, 6) is -1.37. The lowest BCUT2D eigenvalue weighted by atomic mass is 10.2. The molecule has 0 heterocycles. The maximum atomic E-state index is 11.2. The number of benzene rings is 2. The number of hydrogen-bond acceptors (Lipinski definition) is 4. The van der Waals surface area contributed by atoms with Crippen LogP contribution in [0, 0.1) is 10.1 Å². The lowest BCUT2D eigenvalue weighted by Gasteiger charge is -2.10. The summed E-state index contributed by atoms with van der Waals surface area (Å²) in [6.07, 6.45) is 0. The van der Waals surface area contributed by atoms with Crippen molar-refractivity contribution >= 4 is 34.9 Å². The Kier molecular flexibility index (Phi) is 4.30.